The first-order valence-electron chi connectivity index (χ1n) is 5.88. The van der Waals surface area contributed by atoms with E-state index >= 15 is 0 Å². The summed E-state index contributed by atoms with van der Waals surface area (Å²) in [6.45, 7) is 0. The number of hydrogen-bond donors (Lipinski definition) is 0. The van der Waals surface area contributed by atoms with Crippen LogP contribution in [-0.4, -0.2) is 5.97 Å². The summed E-state index contributed by atoms with van der Waals surface area (Å²) in [6.07, 6.45) is 3.17. The Balaban J connectivity index is 2.04. The zero-order valence-corrected chi connectivity index (χ0v) is 11.8. The molecule has 3 heteroatoms. The molecule has 19 heavy (non-hydrogen) atoms. The van der Waals surface area contributed by atoms with E-state index in [1.54, 1.807) is 12.1 Å². The normalized spacial score (nSPS) is 10.6. The summed E-state index contributed by atoms with van der Waals surface area (Å²) in [4.78, 5) is 11.7. The maximum absolute atomic E-state index is 11.7. The molecule has 0 aliphatic rings. The van der Waals surface area contributed by atoms with E-state index < -0.39 is 0 Å². The molecule has 0 saturated heterocycles. The fourth-order valence-corrected chi connectivity index (χ4v) is 2.05. The van der Waals surface area contributed by atoms with Crippen LogP contribution in [0.4, 0.5) is 0 Å². The number of halogens is 1. The van der Waals surface area contributed by atoms with Crippen molar-refractivity contribution in [3.63, 3.8) is 0 Å². The van der Waals surface area contributed by atoms with Crippen LogP contribution in [0.25, 0.3) is 6.08 Å². The Bertz CT molecular complexity index is 576. The predicted molar refractivity (Wildman–Crippen MR) is 80.2 cm³/mol. The van der Waals surface area contributed by atoms with Gasteiger partial charge in [-0.25, -0.2) is 4.79 Å². The summed E-state index contributed by atoms with van der Waals surface area (Å²) in [5.41, 5.74) is 1.91. The lowest BCUT2D eigenvalue weighted by molar-refractivity contribution is -0.128. The van der Waals surface area contributed by atoms with Crippen molar-refractivity contribution < 1.29 is 9.53 Å². The van der Waals surface area contributed by atoms with Crippen LogP contribution in [0.1, 0.15) is 11.1 Å². The fraction of sp³-hybridized carbons (Fsp3) is 0.0625. The van der Waals surface area contributed by atoms with Crippen molar-refractivity contribution >= 4 is 28.0 Å². The lowest BCUT2D eigenvalue weighted by atomic mass is 10.2. The van der Waals surface area contributed by atoms with Crippen LogP contribution in [0.15, 0.2) is 60.7 Å². The van der Waals surface area contributed by atoms with Gasteiger partial charge in [-0.05, 0) is 17.7 Å². The zero-order chi connectivity index (χ0) is 13.5. The molecule has 0 aromatic heterocycles. The summed E-state index contributed by atoms with van der Waals surface area (Å²) >= 11 is 3.36. The van der Waals surface area contributed by atoms with Crippen LogP contribution in [0.2, 0.25) is 0 Å². The molecule has 2 rings (SSSR count). The standard InChI is InChI=1S/C16H13BrO2/c17-12-14-8-4-5-9-15(14)19-16(18)11-10-13-6-2-1-3-7-13/h1-11H,12H2. The first-order valence-corrected chi connectivity index (χ1v) is 7.00. The maximum atomic E-state index is 11.7. The average molecular weight is 317 g/mol. The van der Waals surface area contributed by atoms with Gasteiger partial charge in [0.25, 0.3) is 0 Å². The third-order valence-corrected chi connectivity index (χ3v) is 3.14. The van der Waals surface area contributed by atoms with E-state index in [0.29, 0.717) is 11.1 Å². The van der Waals surface area contributed by atoms with Crippen molar-refractivity contribution in [3.05, 3.63) is 71.8 Å². The van der Waals surface area contributed by atoms with Gasteiger partial charge in [-0.3, -0.25) is 0 Å². The first-order chi connectivity index (χ1) is 9.29. The smallest absolute Gasteiger partial charge is 0.336 e. The van der Waals surface area contributed by atoms with E-state index in [9.17, 15) is 4.79 Å². The van der Waals surface area contributed by atoms with E-state index in [1.807, 2.05) is 48.5 Å². The van der Waals surface area contributed by atoms with Crippen molar-refractivity contribution in [2.75, 3.05) is 0 Å². The fourth-order valence-electron chi connectivity index (χ4n) is 1.58. The number of ether oxygens (including phenoxy) is 1. The average Bonchev–Trinajstić information content (AvgIpc) is 2.47. The summed E-state index contributed by atoms with van der Waals surface area (Å²) in [6, 6.07) is 17.1. The van der Waals surface area contributed by atoms with Crippen molar-refractivity contribution in [2.45, 2.75) is 5.33 Å². The molecule has 0 aliphatic heterocycles. The Labute approximate surface area is 120 Å². The van der Waals surface area contributed by atoms with Crippen LogP contribution in [-0.2, 0) is 10.1 Å². The van der Waals surface area contributed by atoms with Crippen LogP contribution in [0, 0.1) is 0 Å². The van der Waals surface area contributed by atoms with Crippen LogP contribution < -0.4 is 4.74 Å². The summed E-state index contributed by atoms with van der Waals surface area (Å²) in [7, 11) is 0. The highest BCUT2D eigenvalue weighted by Gasteiger charge is 2.05. The molecule has 0 heterocycles. The first kappa shape index (κ1) is 13.6. The van der Waals surface area contributed by atoms with Gasteiger partial charge in [0.1, 0.15) is 5.75 Å². The monoisotopic (exact) mass is 316 g/mol. The molecule has 2 nitrogen and oxygen atoms in total. The molecular formula is C16H13BrO2. The van der Waals surface area contributed by atoms with Crippen LogP contribution >= 0.6 is 15.9 Å². The molecule has 0 bridgehead atoms. The number of esters is 1. The molecule has 0 amide bonds. The van der Waals surface area contributed by atoms with Crippen molar-refractivity contribution in [1.29, 1.82) is 0 Å². The molecule has 2 aromatic rings. The Morgan fingerprint density at radius 1 is 1.05 bits per heavy atom. The second kappa shape index (κ2) is 6.90. The number of hydrogen-bond acceptors (Lipinski definition) is 2. The van der Waals surface area contributed by atoms with Crippen molar-refractivity contribution in [1.82, 2.24) is 0 Å². The number of carbonyl (C=O) groups is 1. The number of rotatable bonds is 4. The highest BCUT2D eigenvalue weighted by atomic mass is 79.9. The van der Waals surface area contributed by atoms with Crippen molar-refractivity contribution in [3.8, 4) is 5.75 Å². The Morgan fingerprint density at radius 2 is 1.74 bits per heavy atom. The topological polar surface area (TPSA) is 26.3 Å². The van der Waals surface area contributed by atoms with Gasteiger partial charge in [-0.2, -0.15) is 0 Å². The highest BCUT2D eigenvalue weighted by Crippen LogP contribution is 2.20. The predicted octanol–water partition coefficient (Wildman–Crippen LogP) is 4.20. The van der Waals surface area contributed by atoms with E-state index in [1.165, 1.54) is 6.08 Å². The van der Waals surface area contributed by atoms with E-state index in [4.69, 9.17) is 4.74 Å². The molecule has 0 aliphatic carbocycles. The molecule has 2 aromatic carbocycles. The SMILES string of the molecule is O=C(C=Cc1ccccc1)Oc1ccccc1CBr. The van der Waals surface area contributed by atoms with E-state index in [-0.39, 0.29) is 5.97 Å². The number of benzene rings is 2. The highest BCUT2D eigenvalue weighted by molar-refractivity contribution is 9.08. The van der Waals surface area contributed by atoms with Gasteiger partial charge in [-0.15, -0.1) is 0 Å². The van der Waals surface area contributed by atoms with Gasteiger partial charge in [0.2, 0.25) is 0 Å². The molecule has 0 saturated carbocycles. The number of alkyl halides is 1. The number of para-hydroxylation sites is 1. The van der Waals surface area contributed by atoms with Gasteiger partial charge in [0.05, 0.1) is 0 Å². The lowest BCUT2D eigenvalue weighted by Crippen LogP contribution is -2.05. The summed E-state index contributed by atoms with van der Waals surface area (Å²) in [5.74, 6) is 0.208. The molecule has 0 N–H and O–H groups in total. The van der Waals surface area contributed by atoms with Gasteiger partial charge in [0.15, 0.2) is 0 Å². The van der Waals surface area contributed by atoms with Gasteiger partial charge in [0, 0.05) is 17.0 Å². The Morgan fingerprint density at radius 3 is 2.47 bits per heavy atom. The van der Waals surface area contributed by atoms with E-state index in [0.717, 1.165) is 11.1 Å². The molecular weight excluding hydrogens is 304 g/mol. The third-order valence-electron chi connectivity index (χ3n) is 2.54. The van der Waals surface area contributed by atoms with E-state index in [2.05, 4.69) is 15.9 Å². The molecule has 96 valence electrons. The molecule has 0 atom stereocenters. The third kappa shape index (κ3) is 4.07. The maximum Gasteiger partial charge on any atom is 0.336 e. The summed E-state index contributed by atoms with van der Waals surface area (Å²) < 4.78 is 5.30. The van der Waals surface area contributed by atoms with Crippen LogP contribution in [0.3, 0.4) is 0 Å². The molecule has 0 fully saturated rings. The minimum absolute atomic E-state index is 0.378. The Kier molecular flexibility index (Phi) is 4.93. The molecule has 0 spiro atoms. The zero-order valence-electron chi connectivity index (χ0n) is 10.3. The van der Waals surface area contributed by atoms with Gasteiger partial charge < -0.3 is 4.74 Å². The van der Waals surface area contributed by atoms with Gasteiger partial charge >= 0.3 is 5.97 Å². The second-order valence-electron chi connectivity index (χ2n) is 3.91. The molecule has 0 radical (unpaired) electrons. The van der Waals surface area contributed by atoms with Gasteiger partial charge in [-0.1, -0.05) is 64.5 Å². The number of carbonyl (C=O) groups excluding carboxylic acids is 1. The lowest BCUT2D eigenvalue weighted by Gasteiger charge is -2.05. The minimum Gasteiger partial charge on any atom is -0.423 e. The minimum atomic E-state index is -0.378. The summed E-state index contributed by atoms with van der Waals surface area (Å²) in [5, 5.41) is 0.652. The van der Waals surface area contributed by atoms with Crippen LogP contribution in [0.5, 0.6) is 5.75 Å². The second-order valence-corrected chi connectivity index (χ2v) is 4.47. The largest absolute Gasteiger partial charge is 0.423 e. The Hall–Kier alpha value is -1.87. The van der Waals surface area contributed by atoms with Crippen molar-refractivity contribution in [2.24, 2.45) is 0 Å². The molecule has 0 unspecified atom stereocenters. The quantitative estimate of drug-likeness (QED) is 0.366.